The van der Waals surface area contributed by atoms with E-state index >= 15 is 0 Å². The highest BCUT2D eigenvalue weighted by Crippen LogP contribution is 2.21. The smallest absolute Gasteiger partial charge is 0.279 e. The van der Waals surface area contributed by atoms with Crippen molar-refractivity contribution < 1.29 is 4.79 Å². The molecule has 0 heterocycles. The van der Waals surface area contributed by atoms with Crippen molar-refractivity contribution in [2.45, 2.75) is 82.9 Å². The molecule has 0 aliphatic heterocycles. The van der Waals surface area contributed by atoms with E-state index in [-0.39, 0.29) is 5.24 Å². The van der Waals surface area contributed by atoms with Crippen LogP contribution in [0.15, 0.2) is 0 Å². The molecule has 1 atom stereocenters. The standard InChI is InChI=1S/C14H27NOS/c1-3-4-6-9-12(2)17-14(16)15-13-10-7-5-8-11-13/h12-13H,3-11H2,1-2H3,(H,15,16). The molecule has 1 N–H and O–H groups in total. The van der Waals surface area contributed by atoms with Gasteiger partial charge in [0.2, 0.25) is 0 Å². The van der Waals surface area contributed by atoms with E-state index in [0.717, 1.165) is 6.42 Å². The monoisotopic (exact) mass is 257 g/mol. The van der Waals surface area contributed by atoms with Gasteiger partial charge in [-0.3, -0.25) is 4.79 Å². The van der Waals surface area contributed by atoms with E-state index in [4.69, 9.17) is 0 Å². The maximum absolute atomic E-state index is 11.8. The predicted molar refractivity (Wildman–Crippen MR) is 76.6 cm³/mol. The molecule has 0 aromatic rings. The molecule has 0 radical (unpaired) electrons. The fourth-order valence-corrected chi connectivity index (χ4v) is 3.26. The first-order valence-electron chi connectivity index (χ1n) is 7.19. The van der Waals surface area contributed by atoms with Gasteiger partial charge in [-0.1, -0.05) is 64.1 Å². The molecule has 1 aliphatic carbocycles. The normalized spacial score (nSPS) is 18.9. The summed E-state index contributed by atoms with van der Waals surface area (Å²) >= 11 is 1.49. The second kappa shape index (κ2) is 8.84. The van der Waals surface area contributed by atoms with E-state index in [0.29, 0.717) is 11.3 Å². The van der Waals surface area contributed by atoms with E-state index in [1.807, 2.05) is 0 Å². The zero-order chi connectivity index (χ0) is 12.5. The molecule has 1 amide bonds. The van der Waals surface area contributed by atoms with Crippen LogP contribution in [0.5, 0.6) is 0 Å². The zero-order valence-corrected chi connectivity index (χ0v) is 12.2. The number of thioether (sulfide) groups is 1. The molecular weight excluding hydrogens is 230 g/mol. The third-order valence-electron chi connectivity index (χ3n) is 3.45. The van der Waals surface area contributed by atoms with Gasteiger partial charge in [-0.25, -0.2) is 0 Å². The number of hydrogen-bond acceptors (Lipinski definition) is 2. The maximum Gasteiger partial charge on any atom is 0.279 e. The summed E-state index contributed by atoms with van der Waals surface area (Å²) in [4.78, 5) is 11.8. The van der Waals surface area contributed by atoms with Gasteiger partial charge in [0, 0.05) is 11.3 Å². The molecule has 1 rings (SSSR count). The van der Waals surface area contributed by atoms with Crippen LogP contribution in [0.1, 0.15) is 71.6 Å². The van der Waals surface area contributed by atoms with E-state index in [2.05, 4.69) is 19.2 Å². The SMILES string of the molecule is CCCCCC(C)SC(=O)NC1CCCCC1. The molecule has 0 bridgehead atoms. The van der Waals surface area contributed by atoms with E-state index < -0.39 is 0 Å². The molecule has 17 heavy (non-hydrogen) atoms. The number of rotatable bonds is 6. The second-order valence-corrected chi connectivity index (χ2v) is 6.60. The van der Waals surface area contributed by atoms with Gasteiger partial charge in [-0.2, -0.15) is 0 Å². The molecule has 0 aromatic carbocycles. The van der Waals surface area contributed by atoms with Crippen LogP contribution < -0.4 is 5.32 Å². The van der Waals surface area contributed by atoms with E-state index in [1.54, 1.807) is 0 Å². The lowest BCUT2D eigenvalue weighted by Gasteiger charge is -2.23. The van der Waals surface area contributed by atoms with Crippen molar-refractivity contribution in [2.75, 3.05) is 0 Å². The van der Waals surface area contributed by atoms with Gasteiger partial charge >= 0.3 is 0 Å². The Morgan fingerprint density at radius 1 is 1.29 bits per heavy atom. The lowest BCUT2D eigenvalue weighted by atomic mass is 9.96. The molecule has 1 unspecified atom stereocenters. The second-order valence-electron chi connectivity index (χ2n) is 5.19. The summed E-state index contributed by atoms with van der Waals surface area (Å²) in [6.07, 6.45) is 11.2. The van der Waals surface area contributed by atoms with Crippen LogP contribution in [0.4, 0.5) is 4.79 Å². The maximum atomic E-state index is 11.8. The lowest BCUT2D eigenvalue weighted by Crippen LogP contribution is -2.34. The van der Waals surface area contributed by atoms with E-state index in [1.165, 1.54) is 63.1 Å². The molecule has 3 heteroatoms. The number of carbonyl (C=O) groups is 1. The van der Waals surface area contributed by atoms with Gasteiger partial charge < -0.3 is 5.32 Å². The van der Waals surface area contributed by atoms with Crippen molar-refractivity contribution in [2.24, 2.45) is 0 Å². The van der Waals surface area contributed by atoms with Crippen LogP contribution in [0.3, 0.4) is 0 Å². The predicted octanol–water partition coefficient (Wildman–Crippen LogP) is 4.73. The first-order chi connectivity index (χ1) is 8.22. The van der Waals surface area contributed by atoms with Crippen molar-refractivity contribution in [3.05, 3.63) is 0 Å². The van der Waals surface area contributed by atoms with Crippen LogP contribution in [0.25, 0.3) is 0 Å². The van der Waals surface area contributed by atoms with Crippen LogP contribution in [0.2, 0.25) is 0 Å². The fraction of sp³-hybridized carbons (Fsp3) is 0.929. The molecule has 1 fully saturated rings. The minimum Gasteiger partial charge on any atom is -0.344 e. The van der Waals surface area contributed by atoms with Crippen molar-refractivity contribution in [1.82, 2.24) is 5.32 Å². The Morgan fingerprint density at radius 2 is 2.00 bits per heavy atom. The Bertz CT molecular complexity index is 214. The highest BCUT2D eigenvalue weighted by molar-refractivity contribution is 8.14. The fourth-order valence-electron chi connectivity index (χ4n) is 2.37. The van der Waals surface area contributed by atoms with Gasteiger partial charge in [-0.05, 0) is 19.3 Å². The van der Waals surface area contributed by atoms with Crippen LogP contribution in [-0.2, 0) is 0 Å². The summed E-state index contributed by atoms with van der Waals surface area (Å²) in [5.41, 5.74) is 0. The molecule has 100 valence electrons. The quantitative estimate of drug-likeness (QED) is 0.697. The third-order valence-corrected chi connectivity index (χ3v) is 4.42. The largest absolute Gasteiger partial charge is 0.344 e. The number of hydrogen-bond donors (Lipinski definition) is 1. The zero-order valence-electron chi connectivity index (χ0n) is 11.3. The Labute approximate surface area is 110 Å². The topological polar surface area (TPSA) is 29.1 Å². The molecule has 2 nitrogen and oxygen atoms in total. The van der Waals surface area contributed by atoms with Crippen LogP contribution >= 0.6 is 11.8 Å². The average Bonchev–Trinajstić information content (AvgIpc) is 2.30. The van der Waals surface area contributed by atoms with E-state index in [9.17, 15) is 4.79 Å². The highest BCUT2D eigenvalue weighted by atomic mass is 32.2. The summed E-state index contributed by atoms with van der Waals surface area (Å²) in [5, 5.41) is 3.82. The van der Waals surface area contributed by atoms with Crippen LogP contribution in [-0.4, -0.2) is 16.5 Å². The van der Waals surface area contributed by atoms with Crippen molar-refractivity contribution in [1.29, 1.82) is 0 Å². The average molecular weight is 257 g/mol. The Hall–Kier alpha value is -0.180. The lowest BCUT2D eigenvalue weighted by molar-refractivity contribution is 0.253. The Kier molecular flexibility index (Phi) is 7.74. The molecule has 0 aromatic heterocycles. The van der Waals surface area contributed by atoms with Crippen molar-refractivity contribution >= 4 is 17.0 Å². The molecule has 1 aliphatic rings. The summed E-state index contributed by atoms with van der Waals surface area (Å²) in [7, 11) is 0. The summed E-state index contributed by atoms with van der Waals surface area (Å²) < 4.78 is 0. The summed E-state index contributed by atoms with van der Waals surface area (Å²) in [5.74, 6) is 0. The minimum absolute atomic E-state index is 0.195. The number of nitrogens with one attached hydrogen (secondary N) is 1. The minimum atomic E-state index is 0.195. The van der Waals surface area contributed by atoms with Gasteiger partial charge in [0.05, 0.1) is 0 Å². The van der Waals surface area contributed by atoms with Crippen molar-refractivity contribution in [3.8, 4) is 0 Å². The molecule has 0 spiro atoms. The molecule has 0 saturated heterocycles. The number of carbonyl (C=O) groups excluding carboxylic acids is 1. The number of unbranched alkanes of at least 4 members (excludes halogenated alkanes) is 2. The third kappa shape index (κ3) is 6.97. The molecular formula is C14H27NOS. The summed E-state index contributed by atoms with van der Waals surface area (Å²) in [6.45, 7) is 4.38. The van der Waals surface area contributed by atoms with Crippen molar-refractivity contribution in [3.63, 3.8) is 0 Å². The van der Waals surface area contributed by atoms with Gasteiger partial charge in [0.15, 0.2) is 0 Å². The molecule has 1 saturated carbocycles. The van der Waals surface area contributed by atoms with Gasteiger partial charge in [0.1, 0.15) is 0 Å². The Balaban J connectivity index is 2.10. The Morgan fingerprint density at radius 3 is 2.65 bits per heavy atom. The highest BCUT2D eigenvalue weighted by Gasteiger charge is 2.17. The van der Waals surface area contributed by atoms with Crippen LogP contribution in [0, 0.1) is 0 Å². The first-order valence-corrected chi connectivity index (χ1v) is 8.07. The van der Waals surface area contributed by atoms with Gasteiger partial charge in [-0.15, -0.1) is 0 Å². The number of amides is 1. The van der Waals surface area contributed by atoms with Gasteiger partial charge in [0.25, 0.3) is 5.24 Å². The summed E-state index contributed by atoms with van der Waals surface area (Å²) in [6, 6.07) is 0.451. The first kappa shape index (κ1) is 14.9.